The van der Waals surface area contributed by atoms with E-state index in [0.29, 0.717) is 6.04 Å². The van der Waals surface area contributed by atoms with E-state index in [2.05, 4.69) is 41.6 Å². The van der Waals surface area contributed by atoms with Crippen LogP contribution in [0.1, 0.15) is 25.8 Å². The first kappa shape index (κ1) is 14.8. The van der Waals surface area contributed by atoms with Crippen LogP contribution < -0.4 is 10.6 Å². The van der Waals surface area contributed by atoms with Gasteiger partial charge >= 0.3 is 0 Å². The Bertz CT molecular complexity index is 373. The van der Waals surface area contributed by atoms with E-state index in [0.717, 1.165) is 30.4 Å². The third-order valence-electron chi connectivity index (χ3n) is 2.84. The van der Waals surface area contributed by atoms with Crippen molar-refractivity contribution in [1.82, 2.24) is 10.6 Å². The zero-order valence-corrected chi connectivity index (χ0v) is 12.1. The number of nitrogens with one attached hydrogen (secondary N) is 2. The van der Waals surface area contributed by atoms with Crippen LogP contribution in [0.15, 0.2) is 29.3 Å². The molecule has 0 aromatic heterocycles. The molecule has 1 aromatic rings. The van der Waals surface area contributed by atoms with Crippen LogP contribution in [-0.2, 0) is 6.42 Å². The lowest BCUT2D eigenvalue weighted by molar-refractivity contribution is 0.624. The van der Waals surface area contributed by atoms with Crippen molar-refractivity contribution in [2.24, 2.45) is 4.99 Å². The van der Waals surface area contributed by atoms with E-state index in [9.17, 15) is 0 Å². The monoisotopic (exact) mass is 267 g/mol. The van der Waals surface area contributed by atoms with E-state index in [4.69, 9.17) is 11.6 Å². The fourth-order valence-corrected chi connectivity index (χ4v) is 1.63. The van der Waals surface area contributed by atoms with Gasteiger partial charge in [-0.25, -0.2) is 0 Å². The van der Waals surface area contributed by atoms with Gasteiger partial charge in [0, 0.05) is 24.7 Å². The first-order valence-corrected chi connectivity index (χ1v) is 6.75. The SMILES string of the molecule is CCC(C)NC(=NC)NCCc1ccc(Cl)cc1. The molecule has 0 aliphatic carbocycles. The Morgan fingerprint density at radius 3 is 2.56 bits per heavy atom. The summed E-state index contributed by atoms with van der Waals surface area (Å²) in [4.78, 5) is 4.19. The first-order valence-electron chi connectivity index (χ1n) is 6.37. The largest absolute Gasteiger partial charge is 0.356 e. The predicted octanol–water partition coefficient (Wildman–Crippen LogP) is 2.85. The number of halogens is 1. The van der Waals surface area contributed by atoms with Crippen LogP contribution in [-0.4, -0.2) is 25.6 Å². The van der Waals surface area contributed by atoms with Crippen molar-refractivity contribution in [3.8, 4) is 0 Å². The van der Waals surface area contributed by atoms with Crippen molar-refractivity contribution < 1.29 is 0 Å². The van der Waals surface area contributed by atoms with Crippen molar-refractivity contribution >= 4 is 17.6 Å². The lowest BCUT2D eigenvalue weighted by atomic mass is 10.1. The molecule has 0 radical (unpaired) electrons. The van der Waals surface area contributed by atoms with Crippen molar-refractivity contribution in [3.05, 3.63) is 34.9 Å². The predicted molar refractivity (Wildman–Crippen MR) is 79.4 cm³/mol. The summed E-state index contributed by atoms with van der Waals surface area (Å²) in [5.74, 6) is 0.860. The van der Waals surface area contributed by atoms with Gasteiger partial charge in [0.1, 0.15) is 0 Å². The topological polar surface area (TPSA) is 36.4 Å². The lowest BCUT2D eigenvalue weighted by Crippen LogP contribution is -2.42. The number of benzene rings is 1. The third kappa shape index (κ3) is 5.41. The summed E-state index contributed by atoms with van der Waals surface area (Å²) < 4.78 is 0. The van der Waals surface area contributed by atoms with Crippen LogP contribution in [0.25, 0.3) is 0 Å². The van der Waals surface area contributed by atoms with E-state index < -0.39 is 0 Å². The zero-order valence-electron chi connectivity index (χ0n) is 11.3. The Balaban J connectivity index is 2.33. The average Bonchev–Trinajstić information content (AvgIpc) is 2.39. The third-order valence-corrected chi connectivity index (χ3v) is 3.09. The highest BCUT2D eigenvalue weighted by Crippen LogP contribution is 2.09. The van der Waals surface area contributed by atoms with Gasteiger partial charge in [0.15, 0.2) is 5.96 Å². The number of rotatable bonds is 5. The second kappa shape index (κ2) is 7.98. The van der Waals surface area contributed by atoms with Crippen LogP contribution in [0.2, 0.25) is 5.02 Å². The summed E-state index contributed by atoms with van der Waals surface area (Å²) >= 11 is 5.85. The molecule has 0 bridgehead atoms. The molecule has 0 fully saturated rings. The average molecular weight is 268 g/mol. The number of hydrogen-bond acceptors (Lipinski definition) is 1. The minimum Gasteiger partial charge on any atom is -0.356 e. The molecule has 1 atom stereocenters. The minimum absolute atomic E-state index is 0.437. The van der Waals surface area contributed by atoms with Gasteiger partial charge < -0.3 is 10.6 Å². The Kier molecular flexibility index (Phi) is 6.58. The smallest absolute Gasteiger partial charge is 0.191 e. The molecule has 1 rings (SSSR count). The first-order chi connectivity index (χ1) is 8.65. The van der Waals surface area contributed by atoms with Gasteiger partial charge in [0.25, 0.3) is 0 Å². The molecule has 2 N–H and O–H groups in total. The molecule has 18 heavy (non-hydrogen) atoms. The number of nitrogens with zero attached hydrogens (tertiary/aromatic N) is 1. The van der Waals surface area contributed by atoms with Gasteiger partial charge in [-0.3, -0.25) is 4.99 Å². The molecule has 1 aromatic carbocycles. The Morgan fingerprint density at radius 2 is 2.00 bits per heavy atom. The summed E-state index contributed by atoms with van der Waals surface area (Å²) in [6.45, 7) is 5.16. The van der Waals surface area contributed by atoms with E-state index in [-0.39, 0.29) is 0 Å². The maximum absolute atomic E-state index is 5.85. The number of guanidine groups is 1. The molecule has 1 unspecified atom stereocenters. The van der Waals surface area contributed by atoms with Crippen molar-refractivity contribution in [2.45, 2.75) is 32.7 Å². The van der Waals surface area contributed by atoms with Gasteiger partial charge in [-0.15, -0.1) is 0 Å². The maximum atomic E-state index is 5.85. The second-order valence-corrected chi connectivity index (χ2v) is 4.77. The normalized spacial score (nSPS) is 13.2. The number of aliphatic imine (C=N–C) groups is 1. The molecule has 0 spiro atoms. The van der Waals surface area contributed by atoms with E-state index >= 15 is 0 Å². The van der Waals surface area contributed by atoms with Gasteiger partial charge in [-0.05, 0) is 37.5 Å². The van der Waals surface area contributed by atoms with Crippen LogP contribution in [0.3, 0.4) is 0 Å². The van der Waals surface area contributed by atoms with Gasteiger partial charge in [-0.1, -0.05) is 30.7 Å². The molecule has 0 aliphatic rings. The summed E-state index contributed by atoms with van der Waals surface area (Å²) in [6, 6.07) is 8.38. The fraction of sp³-hybridized carbons (Fsp3) is 0.500. The van der Waals surface area contributed by atoms with Crippen molar-refractivity contribution in [1.29, 1.82) is 0 Å². The van der Waals surface area contributed by atoms with Crippen LogP contribution in [0.5, 0.6) is 0 Å². The summed E-state index contributed by atoms with van der Waals surface area (Å²) in [7, 11) is 1.79. The highest BCUT2D eigenvalue weighted by atomic mass is 35.5. The zero-order chi connectivity index (χ0) is 13.4. The molecule has 3 nitrogen and oxygen atoms in total. The summed E-state index contributed by atoms with van der Waals surface area (Å²) in [6.07, 6.45) is 2.04. The highest BCUT2D eigenvalue weighted by Gasteiger charge is 2.02. The lowest BCUT2D eigenvalue weighted by Gasteiger charge is -2.16. The molecule has 0 saturated heterocycles. The fourth-order valence-electron chi connectivity index (χ4n) is 1.51. The molecular formula is C14H22ClN3. The van der Waals surface area contributed by atoms with Gasteiger partial charge in [-0.2, -0.15) is 0 Å². The van der Waals surface area contributed by atoms with Gasteiger partial charge in [0.2, 0.25) is 0 Å². The van der Waals surface area contributed by atoms with Crippen molar-refractivity contribution in [2.75, 3.05) is 13.6 Å². The Labute approximate surface area is 115 Å². The molecule has 0 saturated carbocycles. The molecule has 4 heteroatoms. The summed E-state index contributed by atoms with van der Waals surface area (Å²) in [5, 5.41) is 7.41. The summed E-state index contributed by atoms with van der Waals surface area (Å²) in [5.41, 5.74) is 1.27. The quantitative estimate of drug-likeness (QED) is 0.636. The minimum atomic E-state index is 0.437. The number of hydrogen-bond donors (Lipinski definition) is 2. The Hall–Kier alpha value is -1.22. The van der Waals surface area contributed by atoms with E-state index in [1.807, 2.05) is 12.1 Å². The molecule has 0 aliphatic heterocycles. The molecular weight excluding hydrogens is 246 g/mol. The second-order valence-electron chi connectivity index (χ2n) is 4.33. The van der Waals surface area contributed by atoms with Crippen LogP contribution >= 0.6 is 11.6 Å². The van der Waals surface area contributed by atoms with E-state index in [1.54, 1.807) is 7.05 Å². The molecule has 0 amide bonds. The Morgan fingerprint density at radius 1 is 1.33 bits per heavy atom. The molecule has 100 valence electrons. The van der Waals surface area contributed by atoms with Crippen molar-refractivity contribution in [3.63, 3.8) is 0 Å². The highest BCUT2D eigenvalue weighted by molar-refractivity contribution is 6.30. The van der Waals surface area contributed by atoms with Crippen LogP contribution in [0.4, 0.5) is 0 Å². The standard InChI is InChI=1S/C14H22ClN3/c1-4-11(2)18-14(16-3)17-10-9-12-5-7-13(15)8-6-12/h5-8,11H,4,9-10H2,1-3H3,(H2,16,17,18). The molecule has 0 heterocycles. The maximum Gasteiger partial charge on any atom is 0.191 e. The van der Waals surface area contributed by atoms with Gasteiger partial charge in [0.05, 0.1) is 0 Å². The van der Waals surface area contributed by atoms with Crippen LogP contribution in [0, 0.1) is 0 Å². The van der Waals surface area contributed by atoms with E-state index in [1.165, 1.54) is 5.56 Å².